The number of aliphatic hydroxyl groups is 1. The van der Waals surface area contributed by atoms with Gasteiger partial charge >= 0.3 is 0 Å². The van der Waals surface area contributed by atoms with Crippen molar-refractivity contribution >= 4 is 11.6 Å². The molecule has 4 atom stereocenters. The first-order valence-corrected chi connectivity index (χ1v) is 10.3. The van der Waals surface area contributed by atoms with Crippen molar-refractivity contribution in [3.05, 3.63) is 24.3 Å². The van der Waals surface area contributed by atoms with Crippen LogP contribution in [0.15, 0.2) is 24.3 Å². The van der Waals surface area contributed by atoms with Crippen LogP contribution < -0.4 is 9.64 Å². The van der Waals surface area contributed by atoms with E-state index >= 15 is 4.39 Å². The van der Waals surface area contributed by atoms with Crippen molar-refractivity contribution in [2.24, 2.45) is 0 Å². The summed E-state index contributed by atoms with van der Waals surface area (Å²) in [7, 11) is 1.55. The molecule has 2 saturated heterocycles. The summed E-state index contributed by atoms with van der Waals surface area (Å²) < 4.78 is 33.1. The molecule has 6 nitrogen and oxygen atoms in total. The topological polar surface area (TPSA) is 68.2 Å². The molecule has 1 aromatic rings. The van der Waals surface area contributed by atoms with Crippen LogP contribution in [0.4, 0.5) is 10.1 Å². The molecule has 162 valence electrons. The summed E-state index contributed by atoms with van der Waals surface area (Å²) in [6.45, 7) is 7.11. The zero-order valence-corrected chi connectivity index (χ0v) is 17.9. The summed E-state index contributed by atoms with van der Waals surface area (Å²) in [4.78, 5) is 14.5. The minimum absolute atomic E-state index is 0.147. The summed E-state index contributed by atoms with van der Waals surface area (Å²) >= 11 is 0. The highest BCUT2D eigenvalue weighted by molar-refractivity contribution is 6.09. The van der Waals surface area contributed by atoms with Crippen molar-refractivity contribution in [3.8, 4) is 5.75 Å². The highest BCUT2D eigenvalue weighted by atomic mass is 19.1. The number of halogens is 1. The first-order valence-electron chi connectivity index (χ1n) is 10.3. The molecule has 1 aromatic carbocycles. The van der Waals surface area contributed by atoms with Gasteiger partial charge in [0.05, 0.1) is 13.7 Å². The van der Waals surface area contributed by atoms with Gasteiger partial charge in [-0.2, -0.15) is 0 Å². The SMILES string of the molecule is CCCCCC(C)(O)[C@]1(F)C(=O)N(c2ccc(OC)cc2)[C@H]1[C@H]1COC(C)(C)O1. The number of carbonyl (C=O) groups is 1. The van der Waals surface area contributed by atoms with Gasteiger partial charge in [-0.3, -0.25) is 9.69 Å². The Bertz CT molecular complexity index is 735. The van der Waals surface area contributed by atoms with Gasteiger partial charge in [0, 0.05) is 5.69 Å². The standard InChI is InChI=1S/C22H32FNO5/c1-6-7-8-13-21(4,26)22(23)18(17-14-28-20(2,3)29-17)24(19(22)25)15-9-11-16(27-5)12-10-15/h9-12,17-18,26H,6-8,13-14H2,1-5H3/t17-,18+,21?,22-/m1/s1. The first-order chi connectivity index (χ1) is 13.6. The number of hydrogen-bond acceptors (Lipinski definition) is 5. The Balaban J connectivity index is 1.94. The highest BCUT2D eigenvalue weighted by Gasteiger charge is 2.73. The van der Waals surface area contributed by atoms with Gasteiger partial charge in [0.2, 0.25) is 5.67 Å². The van der Waals surface area contributed by atoms with E-state index in [2.05, 4.69) is 0 Å². The van der Waals surface area contributed by atoms with Crippen molar-refractivity contribution in [3.63, 3.8) is 0 Å². The van der Waals surface area contributed by atoms with E-state index < -0.39 is 35.1 Å². The lowest BCUT2D eigenvalue weighted by Gasteiger charge is -2.57. The Kier molecular flexibility index (Phi) is 5.96. The van der Waals surface area contributed by atoms with Crippen LogP contribution in [0, 0.1) is 0 Å². The predicted molar refractivity (Wildman–Crippen MR) is 108 cm³/mol. The fourth-order valence-corrected chi connectivity index (χ4v) is 4.30. The highest BCUT2D eigenvalue weighted by Crippen LogP contribution is 2.50. The maximum absolute atomic E-state index is 16.4. The van der Waals surface area contributed by atoms with E-state index in [4.69, 9.17) is 14.2 Å². The Morgan fingerprint density at radius 1 is 1.31 bits per heavy atom. The van der Waals surface area contributed by atoms with Crippen molar-refractivity contribution in [1.29, 1.82) is 0 Å². The normalized spacial score (nSPS) is 30.7. The van der Waals surface area contributed by atoms with Gasteiger partial charge in [0.15, 0.2) is 5.79 Å². The lowest BCUT2D eigenvalue weighted by atomic mass is 9.67. The molecule has 0 spiro atoms. The number of carbonyl (C=O) groups excluding carboxylic acids is 1. The smallest absolute Gasteiger partial charge is 0.270 e. The summed E-state index contributed by atoms with van der Waals surface area (Å²) in [5, 5.41) is 11.1. The number of nitrogens with zero attached hydrogens (tertiary/aromatic N) is 1. The number of β-lactam (4-membered cyclic amide) rings is 1. The number of rotatable bonds is 8. The molecule has 0 aliphatic carbocycles. The molecule has 0 saturated carbocycles. The van der Waals surface area contributed by atoms with Gasteiger partial charge in [0.25, 0.3) is 5.91 Å². The Hall–Kier alpha value is -1.70. The van der Waals surface area contributed by atoms with Crippen molar-refractivity contribution in [2.75, 3.05) is 18.6 Å². The Labute approximate surface area is 171 Å². The third kappa shape index (κ3) is 3.76. The summed E-state index contributed by atoms with van der Waals surface area (Å²) in [6.07, 6.45) is 1.97. The van der Waals surface area contributed by atoms with E-state index in [1.54, 1.807) is 45.2 Å². The van der Waals surface area contributed by atoms with Gasteiger partial charge in [0.1, 0.15) is 23.5 Å². The van der Waals surface area contributed by atoms with Crippen LogP contribution in [-0.4, -0.2) is 53.9 Å². The lowest BCUT2D eigenvalue weighted by molar-refractivity contribution is -0.193. The van der Waals surface area contributed by atoms with E-state index in [9.17, 15) is 9.90 Å². The number of unbranched alkanes of at least 4 members (excludes halogenated alkanes) is 2. The molecular formula is C22H32FNO5. The van der Waals surface area contributed by atoms with Gasteiger partial charge in [-0.15, -0.1) is 0 Å². The molecule has 3 rings (SSSR count). The lowest BCUT2D eigenvalue weighted by Crippen LogP contribution is -2.83. The summed E-state index contributed by atoms with van der Waals surface area (Å²) in [5.41, 5.74) is -3.72. The monoisotopic (exact) mass is 409 g/mol. The quantitative estimate of drug-likeness (QED) is 0.525. The molecule has 0 bridgehead atoms. The third-order valence-corrected chi connectivity index (χ3v) is 6.00. The molecule has 2 fully saturated rings. The average molecular weight is 409 g/mol. The molecule has 0 radical (unpaired) electrons. The maximum Gasteiger partial charge on any atom is 0.270 e. The third-order valence-electron chi connectivity index (χ3n) is 6.00. The first kappa shape index (κ1) is 22.0. The second-order valence-electron chi connectivity index (χ2n) is 8.63. The molecule has 7 heteroatoms. The number of hydrogen-bond donors (Lipinski definition) is 1. The molecule has 2 heterocycles. The minimum Gasteiger partial charge on any atom is -0.497 e. The fourth-order valence-electron chi connectivity index (χ4n) is 4.30. The van der Waals surface area contributed by atoms with Crippen LogP contribution in [0.3, 0.4) is 0 Å². The number of alkyl halides is 1. The largest absolute Gasteiger partial charge is 0.497 e. The number of ether oxygens (including phenoxy) is 3. The second-order valence-corrected chi connectivity index (χ2v) is 8.63. The van der Waals surface area contributed by atoms with Crippen molar-refractivity contribution < 1.29 is 28.5 Å². The van der Waals surface area contributed by atoms with E-state index in [0.717, 1.165) is 12.8 Å². The zero-order chi connectivity index (χ0) is 21.4. The summed E-state index contributed by atoms with van der Waals surface area (Å²) in [5.74, 6) is -0.982. The van der Waals surface area contributed by atoms with Gasteiger partial charge in [-0.1, -0.05) is 26.2 Å². The molecule has 29 heavy (non-hydrogen) atoms. The minimum atomic E-state index is -2.45. The van der Waals surface area contributed by atoms with E-state index in [1.807, 2.05) is 6.92 Å². The molecule has 1 amide bonds. The molecular weight excluding hydrogens is 377 g/mol. The summed E-state index contributed by atoms with van der Waals surface area (Å²) in [6, 6.07) is 5.86. The van der Waals surface area contributed by atoms with Crippen LogP contribution in [0.1, 0.15) is 53.4 Å². The molecule has 0 aromatic heterocycles. The van der Waals surface area contributed by atoms with Crippen LogP contribution in [0.2, 0.25) is 0 Å². The van der Waals surface area contributed by atoms with Crippen LogP contribution in [0.5, 0.6) is 5.75 Å². The van der Waals surface area contributed by atoms with Crippen LogP contribution >= 0.6 is 0 Å². The average Bonchev–Trinajstić information content (AvgIpc) is 3.03. The zero-order valence-electron chi connectivity index (χ0n) is 17.9. The van der Waals surface area contributed by atoms with E-state index in [0.29, 0.717) is 17.9 Å². The van der Waals surface area contributed by atoms with E-state index in [-0.39, 0.29) is 13.0 Å². The number of benzene rings is 1. The number of amides is 1. The number of methoxy groups -OCH3 is 1. The van der Waals surface area contributed by atoms with Gasteiger partial charge in [-0.25, -0.2) is 4.39 Å². The van der Waals surface area contributed by atoms with Crippen LogP contribution in [-0.2, 0) is 14.3 Å². The van der Waals surface area contributed by atoms with Crippen molar-refractivity contribution in [2.45, 2.75) is 82.6 Å². The second kappa shape index (κ2) is 7.85. The van der Waals surface area contributed by atoms with Crippen molar-refractivity contribution in [1.82, 2.24) is 0 Å². The Morgan fingerprint density at radius 2 is 1.97 bits per heavy atom. The molecule has 1 N–H and O–H groups in total. The van der Waals surface area contributed by atoms with E-state index in [1.165, 1.54) is 11.8 Å². The predicted octanol–water partition coefficient (Wildman–Crippen LogP) is 3.60. The van der Waals surface area contributed by atoms with Gasteiger partial charge in [-0.05, 0) is 51.5 Å². The van der Waals surface area contributed by atoms with Crippen LogP contribution in [0.25, 0.3) is 0 Å². The van der Waals surface area contributed by atoms with Gasteiger partial charge < -0.3 is 19.3 Å². The fraction of sp³-hybridized carbons (Fsp3) is 0.682. The molecule has 2 aliphatic rings. The maximum atomic E-state index is 16.4. The molecule has 2 aliphatic heterocycles. The Morgan fingerprint density at radius 3 is 2.48 bits per heavy atom. The molecule has 1 unspecified atom stereocenters. The number of anilines is 1.